The molecule has 0 aliphatic rings. The summed E-state index contributed by atoms with van der Waals surface area (Å²) in [5, 5.41) is 18.5. The Kier molecular flexibility index (Phi) is 2.30. The summed E-state index contributed by atoms with van der Waals surface area (Å²) >= 11 is 0. The van der Waals surface area contributed by atoms with Gasteiger partial charge < -0.3 is 0 Å². The maximum absolute atomic E-state index is 10.9. The van der Waals surface area contributed by atoms with Gasteiger partial charge in [0.2, 0.25) is 0 Å². The number of nitrogens with zero attached hydrogens (tertiary/aromatic N) is 2. The molecule has 5 nitrogen and oxygen atoms in total. The highest BCUT2D eigenvalue weighted by Gasteiger charge is 2.13. The summed E-state index contributed by atoms with van der Waals surface area (Å²) in [6, 6.07) is 12.6. The summed E-state index contributed by atoms with van der Waals surface area (Å²) in [7, 11) is 0. The summed E-state index contributed by atoms with van der Waals surface area (Å²) < 4.78 is 0. The number of hydrogen-bond donors (Lipinski definition) is 1. The lowest BCUT2D eigenvalue weighted by molar-refractivity contribution is -0.384. The lowest BCUT2D eigenvalue weighted by atomic mass is 10.0. The smallest absolute Gasteiger partial charge is 0.270 e. The molecular weight excluding hydrogens is 230 g/mol. The maximum Gasteiger partial charge on any atom is 0.270 e. The van der Waals surface area contributed by atoms with Crippen LogP contribution < -0.4 is 0 Å². The van der Waals surface area contributed by atoms with E-state index in [1.807, 2.05) is 30.3 Å². The number of aromatic nitrogens is 2. The zero-order chi connectivity index (χ0) is 12.5. The van der Waals surface area contributed by atoms with E-state index in [0.717, 1.165) is 22.0 Å². The molecule has 1 N–H and O–H groups in total. The van der Waals surface area contributed by atoms with Crippen molar-refractivity contribution in [2.45, 2.75) is 0 Å². The van der Waals surface area contributed by atoms with E-state index in [1.165, 1.54) is 6.07 Å². The van der Waals surface area contributed by atoms with E-state index in [2.05, 4.69) is 10.2 Å². The average Bonchev–Trinajstić information content (AvgIpc) is 2.86. The summed E-state index contributed by atoms with van der Waals surface area (Å²) in [5.74, 6) is 0. The van der Waals surface area contributed by atoms with Gasteiger partial charge in [-0.1, -0.05) is 30.3 Å². The molecule has 0 aliphatic carbocycles. The van der Waals surface area contributed by atoms with Crippen LogP contribution >= 0.6 is 0 Å². The zero-order valence-electron chi connectivity index (χ0n) is 9.33. The Morgan fingerprint density at radius 2 is 1.94 bits per heavy atom. The first-order valence-electron chi connectivity index (χ1n) is 5.42. The van der Waals surface area contributed by atoms with E-state index in [4.69, 9.17) is 0 Å². The van der Waals surface area contributed by atoms with Gasteiger partial charge in [-0.3, -0.25) is 15.2 Å². The van der Waals surface area contributed by atoms with Crippen molar-refractivity contribution in [3.63, 3.8) is 0 Å². The molecule has 0 fully saturated rings. The number of H-pyrrole nitrogens is 1. The van der Waals surface area contributed by atoms with Gasteiger partial charge in [-0.25, -0.2) is 0 Å². The number of benzene rings is 2. The minimum atomic E-state index is -0.390. The first kappa shape index (κ1) is 10.5. The van der Waals surface area contributed by atoms with Gasteiger partial charge in [0.1, 0.15) is 0 Å². The van der Waals surface area contributed by atoms with E-state index in [9.17, 15) is 10.1 Å². The average molecular weight is 239 g/mol. The second-order valence-corrected chi connectivity index (χ2v) is 3.95. The largest absolute Gasteiger partial charge is 0.277 e. The Hall–Kier alpha value is -2.69. The number of hydrogen-bond acceptors (Lipinski definition) is 3. The second-order valence-electron chi connectivity index (χ2n) is 3.95. The van der Waals surface area contributed by atoms with Gasteiger partial charge in [0.15, 0.2) is 0 Å². The van der Waals surface area contributed by atoms with Gasteiger partial charge in [0, 0.05) is 23.1 Å². The van der Waals surface area contributed by atoms with Crippen molar-refractivity contribution >= 4 is 16.6 Å². The van der Waals surface area contributed by atoms with Gasteiger partial charge >= 0.3 is 0 Å². The lowest BCUT2D eigenvalue weighted by Crippen LogP contribution is -1.89. The second kappa shape index (κ2) is 3.96. The topological polar surface area (TPSA) is 71.8 Å². The minimum Gasteiger partial charge on any atom is -0.277 e. The molecule has 0 saturated heterocycles. The lowest BCUT2D eigenvalue weighted by Gasteiger charge is -2.03. The van der Waals surface area contributed by atoms with Crippen LogP contribution in [0.15, 0.2) is 48.7 Å². The fourth-order valence-electron chi connectivity index (χ4n) is 1.99. The van der Waals surface area contributed by atoms with Crippen molar-refractivity contribution in [3.8, 4) is 11.1 Å². The quantitative estimate of drug-likeness (QED) is 0.551. The van der Waals surface area contributed by atoms with Crippen LogP contribution in [0.1, 0.15) is 0 Å². The standard InChI is InChI=1S/C13H9N3O2/c17-16(18)11-6-10-8-14-15-13(10)12(7-11)9-4-2-1-3-5-9/h1-8H,(H,14,15). The molecule has 1 heterocycles. The fourth-order valence-corrected chi connectivity index (χ4v) is 1.99. The summed E-state index contributed by atoms with van der Waals surface area (Å²) in [6.07, 6.45) is 1.59. The van der Waals surface area contributed by atoms with Crippen LogP contribution in [-0.2, 0) is 0 Å². The minimum absolute atomic E-state index is 0.0720. The molecule has 0 spiro atoms. The first-order chi connectivity index (χ1) is 8.75. The number of aromatic amines is 1. The van der Waals surface area contributed by atoms with E-state index in [1.54, 1.807) is 12.3 Å². The molecule has 18 heavy (non-hydrogen) atoms. The molecule has 0 aliphatic heterocycles. The van der Waals surface area contributed by atoms with Gasteiger partial charge in [-0.2, -0.15) is 5.10 Å². The Bertz CT molecular complexity index is 719. The maximum atomic E-state index is 10.9. The molecule has 3 aromatic rings. The molecule has 3 rings (SSSR count). The number of fused-ring (bicyclic) bond motifs is 1. The van der Waals surface area contributed by atoms with Crippen molar-refractivity contribution in [2.75, 3.05) is 0 Å². The predicted molar refractivity (Wildman–Crippen MR) is 68.2 cm³/mol. The fraction of sp³-hybridized carbons (Fsp3) is 0. The molecule has 1 aromatic heterocycles. The molecule has 0 unspecified atom stereocenters. The molecule has 0 amide bonds. The van der Waals surface area contributed by atoms with Gasteiger partial charge in [0.25, 0.3) is 5.69 Å². The Balaban J connectivity index is 2.33. The molecule has 5 heteroatoms. The molecule has 0 atom stereocenters. The number of nitrogens with one attached hydrogen (secondary N) is 1. The monoisotopic (exact) mass is 239 g/mol. The van der Waals surface area contributed by atoms with E-state index in [-0.39, 0.29) is 10.6 Å². The van der Waals surface area contributed by atoms with Crippen LogP contribution in [0.25, 0.3) is 22.0 Å². The van der Waals surface area contributed by atoms with Crippen molar-refractivity contribution in [3.05, 3.63) is 58.8 Å². The highest BCUT2D eigenvalue weighted by Crippen LogP contribution is 2.31. The van der Waals surface area contributed by atoms with Crippen molar-refractivity contribution in [2.24, 2.45) is 0 Å². The number of rotatable bonds is 2. The van der Waals surface area contributed by atoms with E-state index in [0.29, 0.717) is 0 Å². The molecule has 88 valence electrons. The number of nitro groups is 1. The van der Waals surface area contributed by atoms with Crippen molar-refractivity contribution < 1.29 is 4.92 Å². The Morgan fingerprint density at radius 1 is 1.17 bits per heavy atom. The summed E-state index contributed by atoms with van der Waals surface area (Å²) in [6.45, 7) is 0. The SMILES string of the molecule is O=[N+]([O-])c1cc(-c2ccccc2)c2[nH]ncc2c1. The Labute approximate surface area is 102 Å². The highest BCUT2D eigenvalue weighted by atomic mass is 16.6. The molecular formula is C13H9N3O2. The van der Waals surface area contributed by atoms with Crippen molar-refractivity contribution in [1.82, 2.24) is 10.2 Å². The summed E-state index contributed by atoms with van der Waals surface area (Å²) in [5.41, 5.74) is 2.60. The third-order valence-electron chi connectivity index (χ3n) is 2.83. The zero-order valence-corrected chi connectivity index (χ0v) is 9.33. The van der Waals surface area contributed by atoms with Gasteiger partial charge in [-0.15, -0.1) is 0 Å². The van der Waals surface area contributed by atoms with Gasteiger partial charge in [0.05, 0.1) is 16.6 Å². The third-order valence-corrected chi connectivity index (χ3v) is 2.83. The van der Waals surface area contributed by atoms with Crippen LogP contribution in [0.3, 0.4) is 0 Å². The number of non-ortho nitro benzene ring substituents is 1. The Morgan fingerprint density at radius 3 is 2.67 bits per heavy atom. The number of nitro benzene ring substituents is 1. The molecule has 2 aromatic carbocycles. The van der Waals surface area contributed by atoms with Crippen LogP contribution in [0, 0.1) is 10.1 Å². The van der Waals surface area contributed by atoms with E-state index < -0.39 is 0 Å². The third kappa shape index (κ3) is 1.62. The van der Waals surface area contributed by atoms with Crippen LogP contribution in [0.2, 0.25) is 0 Å². The van der Waals surface area contributed by atoms with E-state index >= 15 is 0 Å². The van der Waals surface area contributed by atoms with Crippen molar-refractivity contribution in [1.29, 1.82) is 0 Å². The highest BCUT2D eigenvalue weighted by molar-refractivity contribution is 5.95. The molecule has 0 saturated carbocycles. The molecule has 0 bridgehead atoms. The van der Waals surface area contributed by atoms with Crippen LogP contribution in [0.5, 0.6) is 0 Å². The van der Waals surface area contributed by atoms with Crippen LogP contribution in [0.4, 0.5) is 5.69 Å². The van der Waals surface area contributed by atoms with Gasteiger partial charge in [-0.05, 0) is 5.56 Å². The van der Waals surface area contributed by atoms with Crippen LogP contribution in [-0.4, -0.2) is 15.1 Å². The normalized spacial score (nSPS) is 10.7. The summed E-state index contributed by atoms with van der Waals surface area (Å²) in [4.78, 5) is 10.5. The predicted octanol–water partition coefficient (Wildman–Crippen LogP) is 3.14. The molecule has 0 radical (unpaired) electrons. The first-order valence-corrected chi connectivity index (χ1v) is 5.42.